The molecule has 0 saturated carbocycles. The zero-order valence-corrected chi connectivity index (χ0v) is 11.6. The van der Waals surface area contributed by atoms with Crippen LogP contribution in [0.5, 0.6) is 5.75 Å². The van der Waals surface area contributed by atoms with Crippen molar-refractivity contribution in [3.63, 3.8) is 0 Å². The molecule has 0 spiro atoms. The third-order valence-corrected chi connectivity index (χ3v) is 2.35. The van der Waals surface area contributed by atoms with Crippen molar-refractivity contribution in [1.29, 1.82) is 0 Å². The third kappa shape index (κ3) is 4.84. The summed E-state index contributed by atoms with van der Waals surface area (Å²) in [5, 5.41) is 3.38. The van der Waals surface area contributed by atoms with Crippen molar-refractivity contribution in [3.05, 3.63) is 29.8 Å². The average Bonchev–Trinajstić information content (AvgIpc) is 2.15. The molecular weight excluding hydrogens is 301 g/mol. The lowest BCUT2D eigenvalue weighted by molar-refractivity contribution is 0.239. The average molecular weight is 319 g/mol. The van der Waals surface area contributed by atoms with Crippen molar-refractivity contribution in [1.82, 2.24) is 5.32 Å². The molecule has 1 unspecified atom stereocenters. The van der Waals surface area contributed by atoms with Crippen LogP contribution in [0.15, 0.2) is 24.3 Å². The minimum atomic E-state index is 0.225. The van der Waals surface area contributed by atoms with E-state index < -0.39 is 0 Å². The molecule has 1 aromatic carbocycles. The van der Waals surface area contributed by atoms with Crippen LogP contribution in [0, 0.1) is 0 Å². The number of nitrogens with one attached hydrogen (secondary N) is 1. The number of hydrogen-bond acceptors (Lipinski definition) is 2. The number of benzene rings is 1. The van der Waals surface area contributed by atoms with E-state index in [0.29, 0.717) is 4.05 Å². The van der Waals surface area contributed by atoms with Crippen molar-refractivity contribution >= 4 is 22.6 Å². The van der Waals surface area contributed by atoms with Gasteiger partial charge in [0, 0.05) is 12.1 Å². The van der Waals surface area contributed by atoms with Crippen LogP contribution in [0.25, 0.3) is 0 Å². The first-order valence-corrected chi connectivity index (χ1v) is 6.46. The number of hydrogen-bond donors (Lipinski definition) is 1. The summed E-state index contributed by atoms with van der Waals surface area (Å²) in [7, 11) is 0. The smallest absolute Gasteiger partial charge is 0.124 e. The standard InChI is InChI=1S/C12H18INO/c1-9(2)15-12-7-5-4-6-11(12)8-14-10(3)13/h4-7,9-10,14H,8H2,1-3H3. The van der Waals surface area contributed by atoms with Crippen molar-refractivity contribution < 1.29 is 4.74 Å². The topological polar surface area (TPSA) is 21.3 Å². The van der Waals surface area contributed by atoms with Gasteiger partial charge in [-0.1, -0.05) is 40.8 Å². The SMILES string of the molecule is CC(I)NCc1ccccc1OC(C)C. The van der Waals surface area contributed by atoms with Crippen LogP contribution >= 0.6 is 22.6 Å². The van der Waals surface area contributed by atoms with Gasteiger partial charge in [-0.3, -0.25) is 0 Å². The van der Waals surface area contributed by atoms with E-state index in [1.165, 1.54) is 5.56 Å². The molecule has 0 fully saturated rings. The molecule has 0 saturated heterocycles. The number of ether oxygens (including phenoxy) is 1. The lowest BCUT2D eigenvalue weighted by Crippen LogP contribution is -2.20. The lowest BCUT2D eigenvalue weighted by atomic mass is 10.2. The molecule has 0 aromatic heterocycles. The van der Waals surface area contributed by atoms with E-state index in [1.807, 2.05) is 32.0 Å². The molecule has 0 aliphatic heterocycles. The summed E-state index contributed by atoms with van der Waals surface area (Å²) >= 11 is 2.35. The Morgan fingerprint density at radius 2 is 1.93 bits per heavy atom. The van der Waals surface area contributed by atoms with Gasteiger partial charge in [-0.15, -0.1) is 0 Å². The Hall–Kier alpha value is -0.290. The van der Waals surface area contributed by atoms with Gasteiger partial charge in [0.25, 0.3) is 0 Å². The molecule has 1 N–H and O–H groups in total. The molecule has 0 amide bonds. The molecule has 0 bridgehead atoms. The molecule has 3 heteroatoms. The van der Waals surface area contributed by atoms with Gasteiger partial charge in [-0.05, 0) is 26.8 Å². The first kappa shape index (κ1) is 12.8. The minimum absolute atomic E-state index is 0.225. The molecule has 1 rings (SSSR count). The molecule has 1 atom stereocenters. The van der Waals surface area contributed by atoms with Crippen molar-refractivity contribution in [2.45, 2.75) is 37.5 Å². The van der Waals surface area contributed by atoms with Crippen LogP contribution in [-0.2, 0) is 6.54 Å². The van der Waals surface area contributed by atoms with E-state index in [1.54, 1.807) is 0 Å². The zero-order chi connectivity index (χ0) is 11.3. The third-order valence-electron chi connectivity index (χ3n) is 1.91. The predicted molar refractivity (Wildman–Crippen MR) is 72.5 cm³/mol. The zero-order valence-electron chi connectivity index (χ0n) is 9.46. The second-order valence-corrected chi connectivity index (χ2v) is 5.64. The number of rotatable bonds is 5. The summed E-state index contributed by atoms with van der Waals surface area (Å²) in [4.78, 5) is 0. The fourth-order valence-corrected chi connectivity index (χ4v) is 1.49. The van der Waals surface area contributed by atoms with Crippen LogP contribution in [0.4, 0.5) is 0 Å². The number of alkyl halides is 1. The van der Waals surface area contributed by atoms with E-state index >= 15 is 0 Å². The van der Waals surface area contributed by atoms with Crippen LogP contribution < -0.4 is 10.1 Å². The maximum Gasteiger partial charge on any atom is 0.124 e. The summed E-state index contributed by atoms with van der Waals surface area (Å²) in [6, 6.07) is 8.18. The monoisotopic (exact) mass is 319 g/mol. The van der Waals surface area contributed by atoms with Crippen molar-refractivity contribution in [2.75, 3.05) is 0 Å². The number of para-hydroxylation sites is 1. The van der Waals surface area contributed by atoms with E-state index in [0.717, 1.165) is 12.3 Å². The Bertz CT molecular complexity index is 299. The molecule has 15 heavy (non-hydrogen) atoms. The first-order chi connectivity index (χ1) is 7.09. The Morgan fingerprint density at radius 3 is 2.53 bits per heavy atom. The van der Waals surface area contributed by atoms with Crippen LogP contribution in [0.1, 0.15) is 26.3 Å². The second kappa shape index (κ2) is 6.33. The van der Waals surface area contributed by atoms with E-state index in [9.17, 15) is 0 Å². The fraction of sp³-hybridized carbons (Fsp3) is 0.500. The molecule has 84 valence electrons. The van der Waals surface area contributed by atoms with Gasteiger partial charge in [0.2, 0.25) is 0 Å². The molecule has 0 aliphatic carbocycles. The first-order valence-electron chi connectivity index (χ1n) is 5.21. The summed E-state index contributed by atoms with van der Waals surface area (Å²) in [6.07, 6.45) is 0.225. The maximum atomic E-state index is 5.74. The molecule has 0 heterocycles. The summed E-state index contributed by atoms with van der Waals surface area (Å²) in [6.45, 7) is 7.08. The molecular formula is C12H18INO. The predicted octanol–water partition coefficient (Wildman–Crippen LogP) is 3.34. The normalized spacial score (nSPS) is 12.9. The Morgan fingerprint density at radius 1 is 1.27 bits per heavy atom. The van der Waals surface area contributed by atoms with Gasteiger partial charge >= 0.3 is 0 Å². The van der Waals surface area contributed by atoms with Crippen LogP contribution in [-0.4, -0.2) is 10.2 Å². The van der Waals surface area contributed by atoms with Crippen LogP contribution in [0.3, 0.4) is 0 Å². The molecule has 1 aromatic rings. The van der Waals surface area contributed by atoms with E-state index in [2.05, 4.69) is 40.9 Å². The highest BCUT2D eigenvalue weighted by Gasteiger charge is 2.05. The fourth-order valence-electron chi connectivity index (χ4n) is 1.27. The lowest BCUT2D eigenvalue weighted by Gasteiger charge is -2.15. The minimum Gasteiger partial charge on any atom is -0.491 e. The second-order valence-electron chi connectivity index (χ2n) is 3.77. The quantitative estimate of drug-likeness (QED) is 0.511. The highest BCUT2D eigenvalue weighted by molar-refractivity contribution is 14.1. The summed E-state index contributed by atoms with van der Waals surface area (Å²) < 4.78 is 6.20. The van der Waals surface area contributed by atoms with Crippen LogP contribution in [0.2, 0.25) is 0 Å². The van der Waals surface area contributed by atoms with Gasteiger partial charge in [0.1, 0.15) is 5.75 Å². The van der Waals surface area contributed by atoms with Gasteiger partial charge in [0.05, 0.1) is 10.2 Å². The Kier molecular flexibility index (Phi) is 5.39. The van der Waals surface area contributed by atoms with Gasteiger partial charge in [0.15, 0.2) is 0 Å². The Labute approximate surface area is 106 Å². The largest absolute Gasteiger partial charge is 0.491 e. The molecule has 2 nitrogen and oxygen atoms in total. The highest BCUT2D eigenvalue weighted by atomic mass is 127. The summed E-state index contributed by atoms with van der Waals surface area (Å²) in [5.74, 6) is 0.983. The molecule has 0 radical (unpaired) electrons. The van der Waals surface area contributed by atoms with Crippen molar-refractivity contribution in [2.24, 2.45) is 0 Å². The van der Waals surface area contributed by atoms with Crippen molar-refractivity contribution in [3.8, 4) is 5.75 Å². The summed E-state index contributed by atoms with van der Waals surface area (Å²) in [5.41, 5.74) is 1.22. The molecule has 0 aliphatic rings. The number of halogens is 1. The van der Waals surface area contributed by atoms with Gasteiger partial charge in [-0.25, -0.2) is 0 Å². The maximum absolute atomic E-state index is 5.74. The van der Waals surface area contributed by atoms with Gasteiger partial charge < -0.3 is 10.1 Å². The Balaban J connectivity index is 2.68. The van der Waals surface area contributed by atoms with Gasteiger partial charge in [-0.2, -0.15) is 0 Å². The highest BCUT2D eigenvalue weighted by Crippen LogP contribution is 2.19. The van der Waals surface area contributed by atoms with E-state index in [4.69, 9.17) is 4.74 Å². The van der Waals surface area contributed by atoms with E-state index in [-0.39, 0.29) is 6.10 Å².